The minimum Gasteiger partial charge on any atom is -0.480 e. The van der Waals surface area contributed by atoms with Crippen LogP contribution in [0.3, 0.4) is 0 Å². The quantitative estimate of drug-likeness (QED) is 0.947. The maximum Gasteiger partial charge on any atom is 0.417 e. The van der Waals surface area contributed by atoms with E-state index in [0.29, 0.717) is 0 Å². The zero-order valence-corrected chi connectivity index (χ0v) is 10.6. The Morgan fingerprint density at radius 1 is 1.14 bits per heavy atom. The molecule has 0 unspecified atom stereocenters. The van der Waals surface area contributed by atoms with Gasteiger partial charge in [0.1, 0.15) is 6.54 Å². The lowest BCUT2D eigenvalue weighted by Gasteiger charge is -2.13. The van der Waals surface area contributed by atoms with Gasteiger partial charge in [-0.05, 0) is 23.3 Å². The van der Waals surface area contributed by atoms with Crippen molar-refractivity contribution >= 4 is 5.97 Å². The number of alkyl halides is 3. The van der Waals surface area contributed by atoms with Gasteiger partial charge in [-0.1, -0.05) is 18.2 Å². The number of carboxylic acid groups (broad SMARTS) is 1. The number of hydrogen-bond acceptors (Lipinski definition) is 2. The van der Waals surface area contributed by atoms with Crippen molar-refractivity contribution in [2.45, 2.75) is 12.7 Å². The van der Waals surface area contributed by atoms with Crippen molar-refractivity contribution in [3.63, 3.8) is 0 Å². The van der Waals surface area contributed by atoms with E-state index in [1.807, 2.05) is 0 Å². The maximum atomic E-state index is 13.0. The van der Waals surface area contributed by atoms with Gasteiger partial charge in [0.05, 0.1) is 5.56 Å². The molecule has 7 heteroatoms. The molecule has 0 aliphatic carbocycles. The molecule has 2 aromatic rings. The molecule has 0 saturated carbocycles. The molecule has 0 radical (unpaired) electrons. The van der Waals surface area contributed by atoms with Crippen molar-refractivity contribution in [2.24, 2.45) is 0 Å². The van der Waals surface area contributed by atoms with Crippen LogP contribution in [0.1, 0.15) is 5.56 Å². The second kappa shape index (κ2) is 5.43. The molecule has 1 heterocycles. The maximum absolute atomic E-state index is 13.0. The third kappa shape index (κ3) is 3.31. The third-order valence-electron chi connectivity index (χ3n) is 2.83. The van der Waals surface area contributed by atoms with E-state index >= 15 is 0 Å². The van der Waals surface area contributed by atoms with E-state index in [2.05, 4.69) is 0 Å². The van der Waals surface area contributed by atoms with E-state index in [4.69, 9.17) is 5.11 Å². The van der Waals surface area contributed by atoms with Gasteiger partial charge < -0.3 is 9.67 Å². The van der Waals surface area contributed by atoms with E-state index in [1.165, 1.54) is 24.3 Å². The summed E-state index contributed by atoms with van der Waals surface area (Å²) in [6, 6.07) is 7.20. The summed E-state index contributed by atoms with van der Waals surface area (Å²) in [5.74, 6) is -1.25. The Morgan fingerprint density at radius 2 is 1.81 bits per heavy atom. The molecule has 4 nitrogen and oxygen atoms in total. The number of carbonyl (C=O) groups is 1. The number of rotatable bonds is 3. The Hall–Kier alpha value is -2.57. The number of hydrogen-bond donors (Lipinski definition) is 1. The van der Waals surface area contributed by atoms with E-state index < -0.39 is 29.8 Å². The number of benzene rings is 1. The van der Waals surface area contributed by atoms with Crippen molar-refractivity contribution < 1.29 is 23.1 Å². The molecule has 1 N–H and O–H groups in total. The van der Waals surface area contributed by atoms with Crippen LogP contribution in [0.5, 0.6) is 0 Å². The fourth-order valence-electron chi connectivity index (χ4n) is 1.94. The molecule has 0 atom stereocenters. The summed E-state index contributed by atoms with van der Waals surface area (Å²) in [5, 5.41) is 8.70. The molecular formula is C14H10F3NO3. The molecule has 0 amide bonds. The molecule has 110 valence electrons. The molecule has 1 aromatic carbocycles. The number of pyridine rings is 1. The van der Waals surface area contributed by atoms with E-state index in [1.54, 1.807) is 0 Å². The first-order valence-corrected chi connectivity index (χ1v) is 5.88. The molecule has 0 saturated heterocycles. The van der Waals surface area contributed by atoms with Crippen LogP contribution in [0.2, 0.25) is 0 Å². The summed E-state index contributed by atoms with van der Waals surface area (Å²) in [5.41, 5.74) is -1.41. The Kier molecular flexibility index (Phi) is 3.84. The lowest BCUT2D eigenvalue weighted by molar-refractivity contribution is -0.138. The topological polar surface area (TPSA) is 59.3 Å². The predicted molar refractivity (Wildman–Crippen MR) is 68.8 cm³/mol. The lowest BCUT2D eigenvalue weighted by Crippen LogP contribution is -2.22. The fourth-order valence-corrected chi connectivity index (χ4v) is 1.94. The third-order valence-corrected chi connectivity index (χ3v) is 2.83. The largest absolute Gasteiger partial charge is 0.480 e. The van der Waals surface area contributed by atoms with Crippen molar-refractivity contribution in [1.82, 2.24) is 4.57 Å². The van der Waals surface area contributed by atoms with E-state index in [-0.39, 0.29) is 11.1 Å². The molecule has 0 bridgehead atoms. The molecule has 1 aromatic heterocycles. The van der Waals surface area contributed by atoms with Crippen LogP contribution in [0.15, 0.2) is 47.4 Å². The summed E-state index contributed by atoms with van der Waals surface area (Å²) in [6.45, 7) is -0.610. The van der Waals surface area contributed by atoms with E-state index in [0.717, 1.165) is 22.9 Å². The molecular weight excluding hydrogens is 287 g/mol. The summed E-state index contributed by atoms with van der Waals surface area (Å²) >= 11 is 0. The Balaban J connectivity index is 2.58. The Morgan fingerprint density at radius 3 is 2.43 bits per heavy atom. The highest BCUT2D eigenvalue weighted by molar-refractivity contribution is 5.69. The average molecular weight is 297 g/mol. The van der Waals surface area contributed by atoms with Crippen LogP contribution in [0, 0.1) is 0 Å². The number of carboxylic acids is 1. The molecule has 0 aliphatic heterocycles. The zero-order chi connectivity index (χ0) is 15.6. The van der Waals surface area contributed by atoms with Gasteiger partial charge in [-0.2, -0.15) is 13.2 Å². The number of aliphatic carboxylic acids is 1. The zero-order valence-electron chi connectivity index (χ0n) is 10.6. The van der Waals surface area contributed by atoms with Crippen LogP contribution < -0.4 is 5.56 Å². The molecule has 0 aliphatic rings. The van der Waals surface area contributed by atoms with Crippen molar-refractivity contribution in [1.29, 1.82) is 0 Å². The minimum absolute atomic E-state index is 0.107. The normalized spacial score (nSPS) is 11.4. The van der Waals surface area contributed by atoms with Crippen molar-refractivity contribution in [3.8, 4) is 11.1 Å². The Labute approximate surface area is 117 Å². The summed E-state index contributed by atoms with van der Waals surface area (Å²) in [4.78, 5) is 22.2. The van der Waals surface area contributed by atoms with Gasteiger partial charge in [-0.15, -0.1) is 0 Å². The molecule has 21 heavy (non-hydrogen) atoms. The fraction of sp³-hybridized carbons (Fsp3) is 0.143. The standard InChI is InChI=1S/C14H10F3NO3/c15-14(16,17)11-4-2-1-3-10(11)9-5-6-12(19)18(7-9)8-13(20)21/h1-7H,8H2,(H,20,21). The van der Waals surface area contributed by atoms with Crippen molar-refractivity contribution in [3.05, 3.63) is 58.5 Å². The van der Waals surface area contributed by atoms with Gasteiger partial charge >= 0.3 is 12.1 Å². The SMILES string of the molecule is O=C(O)Cn1cc(-c2ccccc2C(F)(F)F)ccc1=O. The number of halogens is 3. The van der Waals surface area contributed by atoms with Gasteiger partial charge in [0, 0.05) is 12.3 Å². The van der Waals surface area contributed by atoms with Crippen molar-refractivity contribution in [2.75, 3.05) is 0 Å². The first kappa shape index (κ1) is 14.8. The average Bonchev–Trinajstić information content (AvgIpc) is 2.40. The highest BCUT2D eigenvalue weighted by atomic mass is 19.4. The van der Waals surface area contributed by atoms with Gasteiger partial charge in [0.15, 0.2) is 0 Å². The Bertz CT molecular complexity index is 735. The first-order chi connectivity index (χ1) is 9.79. The van der Waals surface area contributed by atoms with Crippen LogP contribution >= 0.6 is 0 Å². The summed E-state index contributed by atoms with van der Waals surface area (Å²) < 4.78 is 39.7. The molecule has 2 rings (SSSR count). The van der Waals surface area contributed by atoms with Gasteiger partial charge in [0.25, 0.3) is 5.56 Å². The number of aromatic nitrogens is 1. The first-order valence-electron chi connectivity index (χ1n) is 5.88. The van der Waals surface area contributed by atoms with Crippen LogP contribution in [0.4, 0.5) is 13.2 Å². The van der Waals surface area contributed by atoms with Gasteiger partial charge in [0.2, 0.25) is 0 Å². The second-order valence-electron chi connectivity index (χ2n) is 4.32. The smallest absolute Gasteiger partial charge is 0.417 e. The summed E-state index contributed by atoms with van der Waals surface area (Å²) in [7, 11) is 0. The van der Waals surface area contributed by atoms with Crippen LogP contribution in [-0.2, 0) is 17.5 Å². The number of nitrogens with zero attached hydrogens (tertiary/aromatic N) is 1. The van der Waals surface area contributed by atoms with Crippen LogP contribution in [-0.4, -0.2) is 15.6 Å². The lowest BCUT2D eigenvalue weighted by atomic mass is 10.0. The highest BCUT2D eigenvalue weighted by Gasteiger charge is 2.33. The molecule has 0 fully saturated rings. The second-order valence-corrected chi connectivity index (χ2v) is 4.32. The van der Waals surface area contributed by atoms with E-state index in [9.17, 15) is 22.8 Å². The monoisotopic (exact) mass is 297 g/mol. The minimum atomic E-state index is -4.54. The van der Waals surface area contributed by atoms with Gasteiger partial charge in [-0.3, -0.25) is 9.59 Å². The van der Waals surface area contributed by atoms with Gasteiger partial charge in [-0.25, -0.2) is 0 Å². The summed E-state index contributed by atoms with van der Waals surface area (Å²) in [6.07, 6.45) is -3.43. The molecule has 0 spiro atoms. The highest BCUT2D eigenvalue weighted by Crippen LogP contribution is 2.36. The van der Waals surface area contributed by atoms with Crippen LogP contribution in [0.25, 0.3) is 11.1 Å². The predicted octanol–water partition coefficient (Wildman–Crippen LogP) is 2.62.